The molecule has 3 atom stereocenters. The van der Waals surface area contributed by atoms with Crippen molar-refractivity contribution in [2.75, 3.05) is 0 Å². The van der Waals surface area contributed by atoms with Crippen LogP contribution in [0.1, 0.15) is 105 Å². The Hall–Kier alpha value is -0.0400. The first kappa shape index (κ1) is 20.0. The molecule has 20 heavy (non-hydrogen) atoms. The predicted molar refractivity (Wildman–Crippen MR) is 91.1 cm³/mol. The van der Waals surface area contributed by atoms with E-state index in [0.29, 0.717) is 0 Å². The van der Waals surface area contributed by atoms with Crippen molar-refractivity contribution in [1.82, 2.24) is 0 Å². The van der Waals surface area contributed by atoms with Gasteiger partial charge < -0.3 is 5.11 Å². The monoisotopic (exact) mass is 284 g/mol. The number of hydrogen-bond acceptors (Lipinski definition) is 1. The van der Waals surface area contributed by atoms with Crippen LogP contribution in [0.4, 0.5) is 0 Å². The first-order chi connectivity index (χ1) is 9.41. The Morgan fingerprint density at radius 1 is 0.800 bits per heavy atom. The van der Waals surface area contributed by atoms with Crippen LogP contribution >= 0.6 is 0 Å². The molecule has 1 heteroatoms. The summed E-state index contributed by atoms with van der Waals surface area (Å²) in [5, 5.41) is 9.93. The van der Waals surface area contributed by atoms with Crippen molar-refractivity contribution in [3.63, 3.8) is 0 Å². The van der Waals surface area contributed by atoms with Gasteiger partial charge in [0.1, 0.15) is 0 Å². The molecule has 0 bridgehead atoms. The molecule has 0 rings (SSSR count). The topological polar surface area (TPSA) is 20.2 Å². The van der Waals surface area contributed by atoms with E-state index < -0.39 is 5.60 Å². The second kappa shape index (κ2) is 11.6. The lowest BCUT2D eigenvalue weighted by molar-refractivity contribution is 0.0442. The molecule has 0 amide bonds. The molecule has 0 unspecified atom stereocenters. The van der Waals surface area contributed by atoms with E-state index in [2.05, 4.69) is 27.7 Å². The quantitative estimate of drug-likeness (QED) is 0.391. The summed E-state index contributed by atoms with van der Waals surface area (Å²) in [6.07, 6.45) is 14.0. The van der Waals surface area contributed by atoms with Gasteiger partial charge in [-0.2, -0.15) is 0 Å². The van der Waals surface area contributed by atoms with E-state index in [9.17, 15) is 5.11 Å². The van der Waals surface area contributed by atoms with E-state index in [1.54, 1.807) is 0 Å². The van der Waals surface area contributed by atoms with Crippen LogP contribution in [0.3, 0.4) is 0 Å². The van der Waals surface area contributed by atoms with Gasteiger partial charge in [0, 0.05) is 0 Å². The number of hydrogen-bond donors (Lipinski definition) is 1. The van der Waals surface area contributed by atoms with Crippen LogP contribution < -0.4 is 0 Å². The highest BCUT2D eigenvalue weighted by atomic mass is 16.3. The molecule has 1 N–H and O–H groups in total. The molecule has 0 aliphatic rings. The maximum Gasteiger partial charge on any atom is 0.0617 e. The highest BCUT2D eigenvalue weighted by Crippen LogP contribution is 2.22. The van der Waals surface area contributed by atoms with Crippen molar-refractivity contribution < 1.29 is 5.11 Å². The van der Waals surface area contributed by atoms with Gasteiger partial charge in [-0.25, -0.2) is 0 Å². The average molecular weight is 285 g/mol. The number of rotatable bonds is 13. The van der Waals surface area contributed by atoms with Crippen LogP contribution in [0.15, 0.2) is 0 Å². The van der Waals surface area contributed by atoms with Crippen molar-refractivity contribution >= 4 is 0 Å². The van der Waals surface area contributed by atoms with Crippen molar-refractivity contribution in [2.45, 2.75) is 111 Å². The van der Waals surface area contributed by atoms with E-state index in [0.717, 1.165) is 24.7 Å². The van der Waals surface area contributed by atoms with Crippen LogP contribution in [0.25, 0.3) is 0 Å². The van der Waals surface area contributed by atoms with Gasteiger partial charge in [0.2, 0.25) is 0 Å². The van der Waals surface area contributed by atoms with Gasteiger partial charge in [0.25, 0.3) is 0 Å². The molecule has 0 fully saturated rings. The number of unbranched alkanes of at least 4 members (excludes halogenated alkanes) is 3. The summed E-state index contributed by atoms with van der Waals surface area (Å²) < 4.78 is 0. The smallest absolute Gasteiger partial charge is 0.0617 e. The van der Waals surface area contributed by atoms with Crippen molar-refractivity contribution in [1.29, 1.82) is 0 Å². The van der Waals surface area contributed by atoms with Gasteiger partial charge in [-0.3, -0.25) is 0 Å². The minimum Gasteiger partial charge on any atom is -0.390 e. The van der Waals surface area contributed by atoms with Crippen LogP contribution in [0.2, 0.25) is 0 Å². The second-order valence-electron chi connectivity index (χ2n) is 7.38. The predicted octanol–water partition coefficient (Wildman–Crippen LogP) is 6.34. The maximum atomic E-state index is 9.93. The van der Waals surface area contributed by atoms with Gasteiger partial charge in [-0.1, -0.05) is 85.5 Å². The van der Waals surface area contributed by atoms with Crippen LogP contribution in [0, 0.1) is 11.8 Å². The Morgan fingerprint density at radius 2 is 1.35 bits per heavy atom. The third kappa shape index (κ3) is 11.8. The van der Waals surface area contributed by atoms with Gasteiger partial charge in [0.15, 0.2) is 0 Å². The Kier molecular flexibility index (Phi) is 11.6. The zero-order chi connectivity index (χ0) is 15.4. The van der Waals surface area contributed by atoms with Crippen molar-refractivity contribution in [3.05, 3.63) is 0 Å². The minimum absolute atomic E-state index is 0.428. The van der Waals surface area contributed by atoms with Gasteiger partial charge in [-0.05, 0) is 31.6 Å². The lowest BCUT2D eigenvalue weighted by Gasteiger charge is -2.20. The summed E-state index contributed by atoms with van der Waals surface area (Å²) in [5.74, 6) is 1.81. The normalized spacial score (nSPS) is 17.7. The molecular weight excluding hydrogens is 244 g/mol. The molecule has 0 spiro atoms. The van der Waals surface area contributed by atoms with Gasteiger partial charge in [0.05, 0.1) is 5.60 Å². The molecule has 1 nitrogen and oxygen atoms in total. The maximum absolute atomic E-state index is 9.93. The third-order valence-electron chi connectivity index (χ3n) is 4.86. The third-order valence-corrected chi connectivity index (χ3v) is 4.86. The molecular formula is C19H40O. The summed E-state index contributed by atoms with van der Waals surface area (Å²) in [7, 11) is 0. The zero-order valence-corrected chi connectivity index (χ0v) is 14.9. The fraction of sp³-hybridized carbons (Fsp3) is 1.00. The second-order valence-corrected chi connectivity index (χ2v) is 7.38. The standard InChI is InChI=1S/C19H40O/c1-6-12-17(3)14-15-18(4)13-10-8-9-11-16-19(5,20)7-2/h17-18,20H,6-16H2,1-5H3/t17-,18-,19+/m0/s1. The fourth-order valence-electron chi connectivity index (χ4n) is 2.88. The largest absolute Gasteiger partial charge is 0.390 e. The summed E-state index contributed by atoms with van der Waals surface area (Å²) in [4.78, 5) is 0. The summed E-state index contributed by atoms with van der Waals surface area (Å²) in [6.45, 7) is 11.1. The molecule has 0 aromatic rings. The van der Waals surface area contributed by atoms with Crippen LogP contribution in [-0.4, -0.2) is 10.7 Å². The first-order valence-electron chi connectivity index (χ1n) is 9.13. The van der Waals surface area contributed by atoms with Gasteiger partial charge in [-0.15, -0.1) is 0 Å². The van der Waals surface area contributed by atoms with E-state index >= 15 is 0 Å². The van der Waals surface area contributed by atoms with Crippen LogP contribution in [0.5, 0.6) is 0 Å². The summed E-state index contributed by atoms with van der Waals surface area (Å²) in [6, 6.07) is 0. The summed E-state index contributed by atoms with van der Waals surface area (Å²) >= 11 is 0. The molecule has 0 saturated heterocycles. The molecule has 0 aromatic carbocycles. The number of aliphatic hydroxyl groups is 1. The minimum atomic E-state index is -0.428. The Bertz CT molecular complexity index is 210. The van der Waals surface area contributed by atoms with Crippen molar-refractivity contribution in [2.24, 2.45) is 11.8 Å². The SMILES string of the molecule is CCC[C@H](C)CC[C@@H](C)CCCCCC[C@](C)(O)CC. The van der Waals surface area contributed by atoms with E-state index in [4.69, 9.17) is 0 Å². The Balaban J connectivity index is 3.42. The van der Waals surface area contributed by atoms with Crippen molar-refractivity contribution in [3.8, 4) is 0 Å². The molecule has 0 saturated carbocycles. The van der Waals surface area contributed by atoms with E-state index in [1.165, 1.54) is 57.8 Å². The highest BCUT2D eigenvalue weighted by molar-refractivity contribution is 4.69. The lowest BCUT2D eigenvalue weighted by atomic mass is 9.91. The Labute approximate surface area is 128 Å². The van der Waals surface area contributed by atoms with Gasteiger partial charge >= 0.3 is 0 Å². The van der Waals surface area contributed by atoms with Crippen LogP contribution in [-0.2, 0) is 0 Å². The van der Waals surface area contributed by atoms with E-state index in [-0.39, 0.29) is 0 Å². The lowest BCUT2D eigenvalue weighted by Crippen LogP contribution is -2.22. The molecule has 0 heterocycles. The molecule has 0 aromatic heterocycles. The Morgan fingerprint density at radius 3 is 1.90 bits per heavy atom. The zero-order valence-electron chi connectivity index (χ0n) is 14.9. The highest BCUT2D eigenvalue weighted by Gasteiger charge is 2.16. The molecule has 122 valence electrons. The molecule has 0 radical (unpaired) electrons. The van der Waals surface area contributed by atoms with E-state index in [1.807, 2.05) is 6.92 Å². The average Bonchev–Trinajstić information content (AvgIpc) is 2.40. The fourth-order valence-corrected chi connectivity index (χ4v) is 2.88. The molecule has 0 aliphatic carbocycles. The first-order valence-corrected chi connectivity index (χ1v) is 9.13. The summed E-state index contributed by atoms with van der Waals surface area (Å²) in [5.41, 5.74) is -0.428. The molecule has 0 aliphatic heterocycles.